The highest BCUT2D eigenvalue weighted by Crippen LogP contribution is 2.33. The molecule has 1 heterocycles. The fourth-order valence-corrected chi connectivity index (χ4v) is 2.93. The van der Waals surface area contributed by atoms with Gasteiger partial charge in [0, 0.05) is 19.2 Å². The molecule has 1 aliphatic heterocycles. The minimum Gasteiger partial charge on any atom is -0.481 e. The zero-order valence-electron chi connectivity index (χ0n) is 9.89. The quantitative estimate of drug-likeness (QED) is 0.790. The predicted molar refractivity (Wildman–Crippen MR) is 60.4 cm³/mol. The number of nitrogens with zero attached hydrogens (tertiary/aromatic N) is 1. The molecule has 2 rings (SSSR count). The minimum atomic E-state index is -0.667. The smallest absolute Gasteiger partial charge is 0.304 e. The maximum absolute atomic E-state index is 10.8. The Balaban J connectivity index is 1.87. The molecule has 0 aromatic carbocycles. The van der Waals surface area contributed by atoms with E-state index < -0.39 is 5.97 Å². The van der Waals surface area contributed by atoms with Gasteiger partial charge in [0.2, 0.25) is 0 Å². The fourth-order valence-electron chi connectivity index (χ4n) is 2.93. The molecule has 4 heteroatoms. The Hall–Kier alpha value is -0.610. The van der Waals surface area contributed by atoms with Gasteiger partial charge in [-0.15, -0.1) is 0 Å². The Bertz CT molecular complexity index is 251. The first-order valence-corrected chi connectivity index (χ1v) is 6.21. The Morgan fingerprint density at radius 2 is 2.19 bits per heavy atom. The number of likely N-dealkylation sites (tertiary alicyclic amines) is 1. The molecular formula is C12H21NO3. The largest absolute Gasteiger partial charge is 0.481 e. The summed E-state index contributed by atoms with van der Waals surface area (Å²) in [5, 5.41) is 8.90. The molecule has 0 aromatic rings. The second kappa shape index (κ2) is 5.15. The van der Waals surface area contributed by atoms with Crippen molar-refractivity contribution in [2.45, 2.75) is 56.7 Å². The maximum atomic E-state index is 10.8. The lowest BCUT2D eigenvalue weighted by Gasteiger charge is -2.47. The van der Waals surface area contributed by atoms with Gasteiger partial charge < -0.3 is 9.84 Å². The third kappa shape index (κ3) is 2.55. The molecule has 92 valence electrons. The van der Waals surface area contributed by atoms with Gasteiger partial charge in [0.25, 0.3) is 0 Å². The summed E-state index contributed by atoms with van der Waals surface area (Å²) >= 11 is 0. The first-order valence-electron chi connectivity index (χ1n) is 6.21. The molecule has 16 heavy (non-hydrogen) atoms. The number of carbonyl (C=O) groups is 1. The van der Waals surface area contributed by atoms with E-state index in [-0.39, 0.29) is 6.04 Å². The van der Waals surface area contributed by atoms with Crippen LogP contribution >= 0.6 is 0 Å². The molecule has 1 N–H and O–H groups in total. The SMILES string of the molecule is COC1CC(N2CCCCC2CC(=O)O)C1. The third-order valence-corrected chi connectivity index (χ3v) is 3.96. The molecule has 1 atom stereocenters. The lowest BCUT2D eigenvalue weighted by molar-refractivity contribution is -0.139. The van der Waals surface area contributed by atoms with E-state index in [4.69, 9.17) is 9.84 Å². The predicted octanol–water partition coefficient (Wildman–Crippen LogP) is 1.49. The van der Waals surface area contributed by atoms with Crippen molar-refractivity contribution in [3.05, 3.63) is 0 Å². The van der Waals surface area contributed by atoms with E-state index >= 15 is 0 Å². The van der Waals surface area contributed by atoms with Crippen LogP contribution in [-0.2, 0) is 9.53 Å². The van der Waals surface area contributed by atoms with Crippen molar-refractivity contribution >= 4 is 5.97 Å². The second-order valence-corrected chi connectivity index (χ2v) is 4.97. The van der Waals surface area contributed by atoms with E-state index in [1.165, 1.54) is 12.8 Å². The highest BCUT2D eigenvalue weighted by Gasteiger charge is 2.38. The molecule has 0 spiro atoms. The number of carboxylic acid groups (broad SMARTS) is 1. The minimum absolute atomic E-state index is 0.258. The molecule has 1 unspecified atom stereocenters. The molecule has 2 aliphatic rings. The first-order chi connectivity index (χ1) is 7.70. The summed E-state index contributed by atoms with van der Waals surface area (Å²) < 4.78 is 5.28. The number of hydrogen-bond donors (Lipinski definition) is 1. The van der Waals surface area contributed by atoms with Gasteiger partial charge in [-0.2, -0.15) is 0 Å². The molecule has 4 nitrogen and oxygen atoms in total. The van der Waals surface area contributed by atoms with Crippen molar-refractivity contribution in [2.75, 3.05) is 13.7 Å². The Kier molecular flexibility index (Phi) is 3.82. The van der Waals surface area contributed by atoms with Gasteiger partial charge in [-0.1, -0.05) is 6.42 Å². The van der Waals surface area contributed by atoms with Crippen LogP contribution in [0, 0.1) is 0 Å². The standard InChI is InChI=1S/C12H21NO3/c1-16-11-6-10(7-11)13-5-3-2-4-9(13)8-12(14)15/h9-11H,2-8H2,1H3,(H,14,15). The number of rotatable bonds is 4. The molecule has 1 saturated heterocycles. The summed E-state index contributed by atoms with van der Waals surface area (Å²) in [6.07, 6.45) is 6.28. The van der Waals surface area contributed by atoms with Gasteiger partial charge in [-0.3, -0.25) is 9.69 Å². The van der Waals surface area contributed by atoms with Crippen LogP contribution in [0.2, 0.25) is 0 Å². The van der Waals surface area contributed by atoms with Gasteiger partial charge in [0.05, 0.1) is 12.5 Å². The Labute approximate surface area is 96.6 Å². The summed E-state index contributed by atoms with van der Waals surface area (Å²) in [6.45, 7) is 1.07. The third-order valence-electron chi connectivity index (χ3n) is 3.96. The summed E-state index contributed by atoms with van der Waals surface area (Å²) in [7, 11) is 1.76. The summed E-state index contributed by atoms with van der Waals surface area (Å²) in [5.74, 6) is -0.667. The Morgan fingerprint density at radius 1 is 1.44 bits per heavy atom. The van der Waals surface area contributed by atoms with Crippen molar-refractivity contribution in [2.24, 2.45) is 0 Å². The molecule has 0 bridgehead atoms. The van der Waals surface area contributed by atoms with Crippen molar-refractivity contribution in [3.63, 3.8) is 0 Å². The normalized spacial score (nSPS) is 35.7. The van der Waals surface area contributed by atoms with Crippen LogP contribution in [-0.4, -0.2) is 47.8 Å². The molecule has 1 aliphatic carbocycles. The van der Waals surface area contributed by atoms with Gasteiger partial charge in [0.15, 0.2) is 0 Å². The lowest BCUT2D eigenvalue weighted by Crippen LogP contribution is -2.54. The van der Waals surface area contributed by atoms with Gasteiger partial charge in [-0.05, 0) is 32.2 Å². The van der Waals surface area contributed by atoms with Crippen LogP contribution in [0.4, 0.5) is 0 Å². The van der Waals surface area contributed by atoms with Crippen molar-refractivity contribution in [1.82, 2.24) is 4.90 Å². The number of ether oxygens (including phenoxy) is 1. The number of hydrogen-bond acceptors (Lipinski definition) is 3. The molecule has 0 radical (unpaired) electrons. The molecule has 0 amide bonds. The van der Waals surface area contributed by atoms with Crippen LogP contribution in [0.5, 0.6) is 0 Å². The fraction of sp³-hybridized carbons (Fsp3) is 0.917. The van der Waals surface area contributed by atoms with E-state index in [1.807, 2.05) is 0 Å². The molecule has 2 fully saturated rings. The summed E-state index contributed by atoms with van der Waals surface area (Å²) in [4.78, 5) is 13.2. The maximum Gasteiger partial charge on any atom is 0.304 e. The van der Waals surface area contributed by atoms with E-state index in [9.17, 15) is 4.79 Å². The van der Waals surface area contributed by atoms with Gasteiger partial charge in [-0.25, -0.2) is 0 Å². The zero-order valence-corrected chi connectivity index (χ0v) is 9.89. The van der Waals surface area contributed by atoms with E-state index in [0.717, 1.165) is 25.8 Å². The van der Waals surface area contributed by atoms with Crippen molar-refractivity contribution in [3.8, 4) is 0 Å². The molecule has 0 aromatic heterocycles. The lowest BCUT2D eigenvalue weighted by atomic mass is 9.84. The highest BCUT2D eigenvalue weighted by atomic mass is 16.5. The van der Waals surface area contributed by atoms with Crippen LogP contribution in [0.25, 0.3) is 0 Å². The van der Waals surface area contributed by atoms with Crippen LogP contribution < -0.4 is 0 Å². The average molecular weight is 227 g/mol. The van der Waals surface area contributed by atoms with Gasteiger partial charge in [0.1, 0.15) is 0 Å². The number of aliphatic carboxylic acids is 1. The van der Waals surface area contributed by atoms with Crippen molar-refractivity contribution in [1.29, 1.82) is 0 Å². The topological polar surface area (TPSA) is 49.8 Å². The van der Waals surface area contributed by atoms with Gasteiger partial charge >= 0.3 is 5.97 Å². The highest BCUT2D eigenvalue weighted by molar-refractivity contribution is 5.67. The first kappa shape index (κ1) is 11.9. The summed E-state index contributed by atoms with van der Waals surface area (Å²) in [6, 6.07) is 0.823. The van der Waals surface area contributed by atoms with Crippen LogP contribution in [0.3, 0.4) is 0 Å². The van der Waals surface area contributed by atoms with Crippen molar-refractivity contribution < 1.29 is 14.6 Å². The number of piperidine rings is 1. The second-order valence-electron chi connectivity index (χ2n) is 4.97. The number of carboxylic acids is 1. The Morgan fingerprint density at radius 3 is 2.81 bits per heavy atom. The van der Waals surface area contributed by atoms with E-state index in [2.05, 4.69) is 4.90 Å². The van der Waals surface area contributed by atoms with E-state index in [0.29, 0.717) is 18.6 Å². The molecular weight excluding hydrogens is 206 g/mol. The average Bonchev–Trinajstić information content (AvgIpc) is 2.18. The summed E-state index contributed by atoms with van der Waals surface area (Å²) in [5.41, 5.74) is 0. The van der Waals surface area contributed by atoms with Crippen LogP contribution in [0.15, 0.2) is 0 Å². The molecule has 1 saturated carbocycles. The van der Waals surface area contributed by atoms with E-state index in [1.54, 1.807) is 7.11 Å². The monoisotopic (exact) mass is 227 g/mol. The number of methoxy groups -OCH3 is 1. The van der Waals surface area contributed by atoms with Crippen LogP contribution in [0.1, 0.15) is 38.5 Å². The zero-order chi connectivity index (χ0) is 11.5.